The van der Waals surface area contributed by atoms with Crippen LogP contribution in [0, 0.1) is 6.92 Å². The van der Waals surface area contributed by atoms with E-state index < -0.39 is 0 Å². The molecule has 1 aliphatic carbocycles. The normalized spacial score (nSPS) is 15.3. The molecule has 2 N–H and O–H groups in total. The maximum absolute atomic E-state index is 5.72. The number of hydrogen-bond acceptors (Lipinski definition) is 4. The van der Waals surface area contributed by atoms with E-state index in [4.69, 9.17) is 10.5 Å². The van der Waals surface area contributed by atoms with Crippen molar-refractivity contribution in [3.8, 4) is 5.88 Å². The van der Waals surface area contributed by atoms with Crippen LogP contribution in [0.2, 0.25) is 0 Å². The molecule has 2 rings (SSSR count). The zero-order chi connectivity index (χ0) is 12.3. The number of likely N-dealkylation sites (N-methyl/N-ethyl adjacent to an activating group) is 1. The van der Waals surface area contributed by atoms with Crippen LogP contribution in [0.15, 0.2) is 12.1 Å². The fourth-order valence-corrected chi connectivity index (χ4v) is 1.83. The van der Waals surface area contributed by atoms with Gasteiger partial charge in [-0.05, 0) is 32.9 Å². The molecule has 4 nitrogen and oxygen atoms in total. The highest BCUT2D eigenvalue weighted by Gasteiger charge is 2.25. The minimum atomic E-state index is 0.473. The lowest BCUT2D eigenvalue weighted by Gasteiger charge is -2.16. The Morgan fingerprint density at radius 2 is 2.24 bits per heavy atom. The third-order valence-electron chi connectivity index (χ3n) is 3.15. The van der Waals surface area contributed by atoms with Crippen molar-refractivity contribution in [3.05, 3.63) is 23.4 Å². The Labute approximate surface area is 103 Å². The van der Waals surface area contributed by atoms with Gasteiger partial charge in [0, 0.05) is 30.4 Å². The van der Waals surface area contributed by atoms with E-state index in [1.807, 2.05) is 19.1 Å². The Morgan fingerprint density at radius 1 is 1.47 bits per heavy atom. The van der Waals surface area contributed by atoms with Crippen molar-refractivity contribution < 1.29 is 4.74 Å². The summed E-state index contributed by atoms with van der Waals surface area (Å²) in [4.78, 5) is 6.73. The van der Waals surface area contributed by atoms with Gasteiger partial charge < -0.3 is 15.4 Å². The van der Waals surface area contributed by atoms with Crippen LogP contribution in [-0.4, -0.2) is 36.1 Å². The largest absolute Gasteiger partial charge is 0.476 e. The molecule has 1 aromatic heterocycles. The molecule has 1 saturated carbocycles. The first kappa shape index (κ1) is 12.3. The standard InChI is InChI=1S/C13H21N3O/c1-10-3-4-11(9-14)13(15-10)17-8-7-16(2)12-5-6-12/h3-4,12H,5-9,14H2,1-2H3. The van der Waals surface area contributed by atoms with Crippen LogP contribution in [0.4, 0.5) is 0 Å². The van der Waals surface area contributed by atoms with E-state index in [-0.39, 0.29) is 0 Å². The summed E-state index contributed by atoms with van der Waals surface area (Å²) in [5.41, 5.74) is 7.60. The smallest absolute Gasteiger partial charge is 0.218 e. The third-order valence-corrected chi connectivity index (χ3v) is 3.15. The highest BCUT2D eigenvalue weighted by atomic mass is 16.5. The Hall–Kier alpha value is -1.13. The van der Waals surface area contributed by atoms with Crippen LogP contribution in [0.3, 0.4) is 0 Å². The molecule has 0 spiro atoms. The van der Waals surface area contributed by atoms with Crippen molar-refractivity contribution in [2.45, 2.75) is 32.4 Å². The quantitative estimate of drug-likeness (QED) is 0.808. The monoisotopic (exact) mass is 235 g/mol. The summed E-state index contributed by atoms with van der Waals surface area (Å²) in [5.74, 6) is 0.691. The Bertz CT molecular complexity index is 377. The van der Waals surface area contributed by atoms with E-state index in [9.17, 15) is 0 Å². The van der Waals surface area contributed by atoms with Gasteiger partial charge in [-0.2, -0.15) is 0 Å². The maximum Gasteiger partial charge on any atom is 0.218 e. The first-order valence-corrected chi connectivity index (χ1v) is 6.20. The van der Waals surface area contributed by atoms with Gasteiger partial charge in [-0.25, -0.2) is 4.98 Å². The second-order valence-corrected chi connectivity index (χ2v) is 4.68. The molecule has 0 aliphatic heterocycles. The first-order valence-electron chi connectivity index (χ1n) is 6.20. The minimum absolute atomic E-state index is 0.473. The van der Waals surface area contributed by atoms with E-state index in [0.29, 0.717) is 19.0 Å². The molecule has 0 radical (unpaired) electrons. The summed E-state index contributed by atoms with van der Waals surface area (Å²) in [6.45, 7) is 4.06. The molecule has 0 unspecified atom stereocenters. The summed E-state index contributed by atoms with van der Waals surface area (Å²) >= 11 is 0. The van der Waals surface area contributed by atoms with Gasteiger partial charge in [0.05, 0.1) is 0 Å². The summed E-state index contributed by atoms with van der Waals surface area (Å²) in [5, 5.41) is 0. The SMILES string of the molecule is Cc1ccc(CN)c(OCCN(C)C2CC2)n1. The number of hydrogen-bond donors (Lipinski definition) is 1. The first-order chi connectivity index (χ1) is 8.20. The van der Waals surface area contributed by atoms with E-state index in [0.717, 1.165) is 23.8 Å². The molecule has 0 bridgehead atoms. The molecule has 94 valence electrons. The maximum atomic E-state index is 5.72. The van der Waals surface area contributed by atoms with E-state index >= 15 is 0 Å². The molecule has 0 atom stereocenters. The lowest BCUT2D eigenvalue weighted by Crippen LogP contribution is -2.26. The Balaban J connectivity index is 1.86. The molecule has 0 saturated heterocycles. The van der Waals surface area contributed by atoms with Crippen molar-refractivity contribution in [1.82, 2.24) is 9.88 Å². The lowest BCUT2D eigenvalue weighted by atomic mass is 10.2. The summed E-state index contributed by atoms with van der Waals surface area (Å²) in [6.07, 6.45) is 2.65. The highest BCUT2D eigenvalue weighted by Crippen LogP contribution is 2.25. The number of aromatic nitrogens is 1. The number of pyridine rings is 1. The van der Waals surface area contributed by atoms with E-state index in [2.05, 4.69) is 16.9 Å². The molecule has 1 fully saturated rings. The zero-order valence-electron chi connectivity index (χ0n) is 10.6. The highest BCUT2D eigenvalue weighted by molar-refractivity contribution is 5.27. The van der Waals surface area contributed by atoms with Crippen LogP contribution >= 0.6 is 0 Å². The predicted octanol–water partition coefficient (Wildman–Crippen LogP) is 1.32. The van der Waals surface area contributed by atoms with E-state index in [1.54, 1.807) is 0 Å². The van der Waals surface area contributed by atoms with Gasteiger partial charge in [-0.15, -0.1) is 0 Å². The van der Waals surface area contributed by atoms with Gasteiger partial charge >= 0.3 is 0 Å². The number of ether oxygens (including phenoxy) is 1. The van der Waals surface area contributed by atoms with Crippen molar-refractivity contribution in [2.24, 2.45) is 5.73 Å². The van der Waals surface area contributed by atoms with Crippen molar-refractivity contribution in [1.29, 1.82) is 0 Å². The number of aryl methyl sites for hydroxylation is 1. The minimum Gasteiger partial charge on any atom is -0.476 e. The van der Waals surface area contributed by atoms with Crippen molar-refractivity contribution >= 4 is 0 Å². The molecule has 17 heavy (non-hydrogen) atoms. The fourth-order valence-electron chi connectivity index (χ4n) is 1.83. The van der Waals surface area contributed by atoms with Crippen LogP contribution in [0.5, 0.6) is 5.88 Å². The molecule has 0 amide bonds. The van der Waals surface area contributed by atoms with Gasteiger partial charge in [-0.1, -0.05) is 6.07 Å². The third kappa shape index (κ3) is 3.41. The summed E-state index contributed by atoms with van der Waals surface area (Å²) in [6, 6.07) is 4.73. The second kappa shape index (κ2) is 5.47. The predicted molar refractivity (Wildman–Crippen MR) is 68.0 cm³/mol. The molecular formula is C13H21N3O. The molecular weight excluding hydrogens is 214 g/mol. The fraction of sp³-hybridized carbons (Fsp3) is 0.615. The number of nitrogens with zero attached hydrogens (tertiary/aromatic N) is 2. The van der Waals surface area contributed by atoms with Gasteiger partial charge in [0.2, 0.25) is 5.88 Å². The number of rotatable bonds is 6. The van der Waals surface area contributed by atoms with Crippen molar-refractivity contribution in [3.63, 3.8) is 0 Å². The molecule has 1 heterocycles. The van der Waals surface area contributed by atoms with E-state index in [1.165, 1.54) is 12.8 Å². The lowest BCUT2D eigenvalue weighted by molar-refractivity contribution is 0.225. The molecule has 1 aliphatic rings. The van der Waals surface area contributed by atoms with Crippen molar-refractivity contribution in [2.75, 3.05) is 20.2 Å². The molecule has 1 aromatic rings. The average molecular weight is 235 g/mol. The van der Waals surface area contributed by atoms with Crippen LogP contribution in [-0.2, 0) is 6.54 Å². The van der Waals surface area contributed by atoms with Crippen LogP contribution in [0.25, 0.3) is 0 Å². The van der Waals surface area contributed by atoms with Crippen LogP contribution in [0.1, 0.15) is 24.1 Å². The topological polar surface area (TPSA) is 51.4 Å². The summed E-state index contributed by atoms with van der Waals surface area (Å²) in [7, 11) is 2.15. The van der Waals surface area contributed by atoms with Gasteiger partial charge in [0.15, 0.2) is 0 Å². The second-order valence-electron chi connectivity index (χ2n) is 4.68. The van der Waals surface area contributed by atoms with Gasteiger partial charge in [0.25, 0.3) is 0 Å². The van der Waals surface area contributed by atoms with Crippen LogP contribution < -0.4 is 10.5 Å². The average Bonchev–Trinajstić information content (AvgIpc) is 3.13. The molecule has 4 heteroatoms. The Morgan fingerprint density at radius 3 is 2.88 bits per heavy atom. The Kier molecular flexibility index (Phi) is 3.97. The molecule has 0 aromatic carbocycles. The van der Waals surface area contributed by atoms with Gasteiger partial charge in [-0.3, -0.25) is 0 Å². The zero-order valence-corrected chi connectivity index (χ0v) is 10.6. The number of nitrogens with two attached hydrogens (primary N) is 1. The van der Waals surface area contributed by atoms with Gasteiger partial charge in [0.1, 0.15) is 6.61 Å². The summed E-state index contributed by atoms with van der Waals surface area (Å²) < 4.78 is 5.72.